The molecular weight excluding hydrogens is 218 g/mol. The predicted molar refractivity (Wildman–Crippen MR) is 54.0 cm³/mol. The van der Waals surface area contributed by atoms with Crippen LogP contribution in [0.2, 0.25) is 0 Å². The molecule has 0 radical (unpaired) electrons. The van der Waals surface area contributed by atoms with Gasteiger partial charge in [0.25, 0.3) is 0 Å². The lowest BCUT2D eigenvalue weighted by Crippen LogP contribution is -2.39. The second-order valence-electron chi connectivity index (χ2n) is 3.58. The second-order valence-corrected chi connectivity index (χ2v) is 3.58. The van der Waals surface area contributed by atoms with Crippen molar-refractivity contribution >= 4 is 11.9 Å². The van der Waals surface area contributed by atoms with E-state index in [2.05, 4.69) is 11.9 Å². The smallest absolute Gasteiger partial charge is 0.335 e. The Balaban J connectivity index is 0.000000315. The Kier molecular flexibility index (Phi) is 6.63. The summed E-state index contributed by atoms with van der Waals surface area (Å²) < 4.78 is 0. The largest absolute Gasteiger partial charge is 0.479 e. The zero-order chi connectivity index (χ0) is 12.7. The van der Waals surface area contributed by atoms with E-state index in [4.69, 9.17) is 20.4 Å². The van der Waals surface area contributed by atoms with Crippen molar-refractivity contribution < 1.29 is 30.0 Å². The monoisotopic (exact) mass is 235 g/mol. The van der Waals surface area contributed by atoms with Gasteiger partial charge in [0, 0.05) is 0 Å². The van der Waals surface area contributed by atoms with E-state index in [0.29, 0.717) is 0 Å². The normalized spacial score (nSPS) is 19.4. The maximum absolute atomic E-state index is 9.77. The lowest BCUT2D eigenvalue weighted by molar-refractivity contribution is -0.165. The first-order valence-corrected chi connectivity index (χ1v) is 4.86. The first kappa shape index (κ1) is 14.8. The third-order valence-electron chi connectivity index (χ3n) is 2.13. The molecule has 7 heteroatoms. The van der Waals surface area contributed by atoms with Crippen LogP contribution < -0.4 is 0 Å². The number of likely N-dealkylation sites (tertiary alicyclic amines) is 1. The first-order valence-electron chi connectivity index (χ1n) is 4.86. The summed E-state index contributed by atoms with van der Waals surface area (Å²) in [7, 11) is 2.17. The summed E-state index contributed by atoms with van der Waals surface area (Å²) in [5.74, 6) is -3.54. The molecule has 1 aliphatic rings. The van der Waals surface area contributed by atoms with E-state index in [1.165, 1.54) is 25.9 Å². The number of carbonyl (C=O) groups is 2. The van der Waals surface area contributed by atoms with Gasteiger partial charge in [0.1, 0.15) is 0 Å². The number of hydrogen-bond donors (Lipinski definition) is 4. The van der Waals surface area contributed by atoms with Gasteiger partial charge in [-0.05, 0) is 33.0 Å². The summed E-state index contributed by atoms with van der Waals surface area (Å²) in [5, 5.41) is 32.5. The number of aliphatic hydroxyl groups excluding tert-OH is 2. The number of hydrogen-bond acceptors (Lipinski definition) is 5. The van der Waals surface area contributed by atoms with Crippen molar-refractivity contribution in [2.75, 3.05) is 20.1 Å². The highest BCUT2D eigenvalue weighted by Gasteiger charge is 2.29. The number of nitrogens with zero attached hydrogens (tertiary/aromatic N) is 1. The van der Waals surface area contributed by atoms with Crippen LogP contribution in [0.15, 0.2) is 0 Å². The topological polar surface area (TPSA) is 118 Å². The fourth-order valence-electron chi connectivity index (χ4n) is 1.15. The van der Waals surface area contributed by atoms with Gasteiger partial charge >= 0.3 is 11.9 Å². The minimum Gasteiger partial charge on any atom is -0.479 e. The van der Waals surface area contributed by atoms with Gasteiger partial charge < -0.3 is 25.3 Å². The molecule has 1 saturated heterocycles. The van der Waals surface area contributed by atoms with Crippen LogP contribution >= 0.6 is 0 Å². The maximum atomic E-state index is 9.77. The zero-order valence-electron chi connectivity index (χ0n) is 9.04. The summed E-state index contributed by atoms with van der Waals surface area (Å²) in [4.78, 5) is 21.9. The molecule has 2 atom stereocenters. The molecule has 0 aromatic carbocycles. The van der Waals surface area contributed by atoms with Gasteiger partial charge in [-0.2, -0.15) is 0 Å². The summed E-state index contributed by atoms with van der Waals surface area (Å²) in [5.41, 5.74) is 0. The Morgan fingerprint density at radius 1 is 1.00 bits per heavy atom. The summed E-state index contributed by atoms with van der Waals surface area (Å²) in [6.45, 7) is 2.64. The van der Waals surface area contributed by atoms with E-state index in [1.54, 1.807) is 0 Å². The molecule has 0 amide bonds. The Morgan fingerprint density at radius 3 is 1.44 bits per heavy atom. The van der Waals surface area contributed by atoms with Crippen molar-refractivity contribution in [2.24, 2.45) is 0 Å². The average molecular weight is 235 g/mol. The Bertz CT molecular complexity index is 220. The molecule has 16 heavy (non-hydrogen) atoms. The van der Waals surface area contributed by atoms with Gasteiger partial charge in [0.05, 0.1) is 0 Å². The lowest BCUT2D eigenvalue weighted by atomic mass is 10.2. The van der Waals surface area contributed by atoms with Crippen LogP contribution in [0.3, 0.4) is 0 Å². The fourth-order valence-corrected chi connectivity index (χ4v) is 1.15. The molecule has 0 aliphatic carbocycles. The molecule has 0 unspecified atom stereocenters. The second kappa shape index (κ2) is 7.15. The molecule has 94 valence electrons. The highest BCUT2D eigenvalue weighted by Crippen LogP contribution is 2.02. The Hall–Kier alpha value is -1.18. The standard InChI is InChI=1S/C5H11N.C4H6O6/c1-6-4-2-3-5-6;5-1(3(7)8)2(6)4(9)10/h2-5H2,1H3;1-2,5-6H,(H,7,8)(H,9,10)/t;1-,2-/m.1/s1. The van der Waals surface area contributed by atoms with Crippen LogP contribution in [-0.4, -0.2) is 69.6 Å². The van der Waals surface area contributed by atoms with E-state index >= 15 is 0 Å². The van der Waals surface area contributed by atoms with Crippen molar-refractivity contribution in [1.29, 1.82) is 0 Å². The molecule has 0 saturated carbocycles. The van der Waals surface area contributed by atoms with Gasteiger partial charge in [-0.15, -0.1) is 0 Å². The molecule has 1 fully saturated rings. The van der Waals surface area contributed by atoms with Gasteiger partial charge in [-0.25, -0.2) is 9.59 Å². The van der Waals surface area contributed by atoms with Crippen LogP contribution in [0.4, 0.5) is 0 Å². The molecule has 0 spiro atoms. The van der Waals surface area contributed by atoms with Crippen LogP contribution in [0.5, 0.6) is 0 Å². The van der Waals surface area contributed by atoms with Crippen LogP contribution in [-0.2, 0) is 9.59 Å². The van der Waals surface area contributed by atoms with Crippen LogP contribution in [0.1, 0.15) is 12.8 Å². The molecule has 0 aromatic heterocycles. The van der Waals surface area contributed by atoms with Crippen LogP contribution in [0.25, 0.3) is 0 Å². The molecule has 1 rings (SSSR count). The number of aliphatic carboxylic acids is 2. The molecule has 0 aromatic rings. The molecule has 1 aliphatic heterocycles. The Labute approximate surface area is 92.9 Å². The SMILES string of the molecule is CN1CCCC1.O=C(O)[C@H](O)[C@@H](O)C(=O)O. The molecule has 4 N–H and O–H groups in total. The van der Waals surface area contributed by atoms with E-state index < -0.39 is 24.1 Å². The predicted octanol–water partition coefficient (Wildman–Crippen LogP) is -1.41. The maximum Gasteiger partial charge on any atom is 0.335 e. The summed E-state index contributed by atoms with van der Waals surface area (Å²) in [6, 6.07) is 0. The van der Waals surface area contributed by atoms with Crippen molar-refractivity contribution in [3.05, 3.63) is 0 Å². The first-order chi connectivity index (χ1) is 7.36. The minimum absolute atomic E-state index is 1.32. The van der Waals surface area contributed by atoms with E-state index in [1.807, 2.05) is 0 Å². The summed E-state index contributed by atoms with van der Waals surface area (Å²) in [6.07, 6.45) is -1.71. The van der Waals surface area contributed by atoms with E-state index in [9.17, 15) is 9.59 Å². The van der Waals surface area contributed by atoms with Gasteiger partial charge in [0.15, 0.2) is 12.2 Å². The van der Waals surface area contributed by atoms with Crippen LogP contribution in [0, 0.1) is 0 Å². The Morgan fingerprint density at radius 2 is 1.31 bits per heavy atom. The summed E-state index contributed by atoms with van der Waals surface area (Å²) >= 11 is 0. The zero-order valence-corrected chi connectivity index (χ0v) is 9.04. The average Bonchev–Trinajstić information content (AvgIpc) is 2.67. The van der Waals surface area contributed by atoms with Crippen molar-refractivity contribution in [1.82, 2.24) is 4.90 Å². The molecule has 1 heterocycles. The van der Waals surface area contributed by atoms with Crippen molar-refractivity contribution in [2.45, 2.75) is 25.0 Å². The highest BCUT2D eigenvalue weighted by atomic mass is 16.4. The fraction of sp³-hybridized carbons (Fsp3) is 0.778. The van der Waals surface area contributed by atoms with Crippen molar-refractivity contribution in [3.8, 4) is 0 Å². The van der Waals surface area contributed by atoms with Gasteiger partial charge in [0.2, 0.25) is 0 Å². The molecule has 0 bridgehead atoms. The number of aliphatic hydroxyl groups is 2. The minimum atomic E-state index is -2.27. The third kappa shape index (κ3) is 5.64. The number of carboxylic acids is 2. The highest BCUT2D eigenvalue weighted by molar-refractivity contribution is 5.83. The van der Waals surface area contributed by atoms with E-state index in [0.717, 1.165) is 0 Å². The van der Waals surface area contributed by atoms with E-state index in [-0.39, 0.29) is 0 Å². The van der Waals surface area contributed by atoms with Gasteiger partial charge in [-0.1, -0.05) is 0 Å². The lowest BCUT2D eigenvalue weighted by Gasteiger charge is -2.07. The number of rotatable bonds is 3. The molecule has 7 nitrogen and oxygen atoms in total. The third-order valence-corrected chi connectivity index (χ3v) is 2.13. The van der Waals surface area contributed by atoms with Crippen molar-refractivity contribution in [3.63, 3.8) is 0 Å². The molecular formula is C9H17NO6. The van der Waals surface area contributed by atoms with Gasteiger partial charge in [-0.3, -0.25) is 0 Å². The quantitative estimate of drug-likeness (QED) is 0.474. The number of carboxylic acid groups (broad SMARTS) is 2.